The molecule has 0 bridgehead atoms. The van der Waals surface area contributed by atoms with Crippen LogP contribution in [0.3, 0.4) is 0 Å². The van der Waals surface area contributed by atoms with Crippen LogP contribution in [0.25, 0.3) is 0 Å². The van der Waals surface area contributed by atoms with Crippen molar-refractivity contribution in [3.8, 4) is 0 Å². The van der Waals surface area contributed by atoms with Crippen LogP contribution in [-0.2, 0) is 9.59 Å². The van der Waals surface area contributed by atoms with E-state index in [1.807, 2.05) is 51.7 Å². The van der Waals surface area contributed by atoms with Crippen molar-refractivity contribution in [3.63, 3.8) is 0 Å². The zero-order chi connectivity index (χ0) is 16.4. The summed E-state index contributed by atoms with van der Waals surface area (Å²) in [6.45, 7) is 11.1. The van der Waals surface area contributed by atoms with E-state index in [2.05, 4.69) is 6.07 Å². The van der Waals surface area contributed by atoms with E-state index in [-0.39, 0.29) is 17.9 Å². The van der Waals surface area contributed by atoms with E-state index >= 15 is 0 Å². The molecule has 1 saturated heterocycles. The van der Waals surface area contributed by atoms with E-state index in [9.17, 15) is 9.59 Å². The monoisotopic (exact) mass is 302 g/mol. The topological polar surface area (TPSA) is 40.6 Å². The van der Waals surface area contributed by atoms with Crippen LogP contribution in [0.2, 0.25) is 0 Å². The summed E-state index contributed by atoms with van der Waals surface area (Å²) in [6.07, 6.45) is 0.501. The highest BCUT2D eigenvalue weighted by atomic mass is 16.2. The van der Waals surface area contributed by atoms with Crippen molar-refractivity contribution in [1.82, 2.24) is 4.90 Å². The normalized spacial score (nSPS) is 19.0. The lowest BCUT2D eigenvalue weighted by atomic mass is 10.0. The SMILES string of the molecule is Cc1ccc(N2CCN(C(=O)CC(C)C)[C@@H](C)C2=O)c(C)c1. The van der Waals surface area contributed by atoms with Gasteiger partial charge < -0.3 is 9.80 Å². The van der Waals surface area contributed by atoms with Crippen LogP contribution in [0.1, 0.15) is 38.3 Å². The minimum absolute atomic E-state index is 0.00955. The van der Waals surface area contributed by atoms with Crippen molar-refractivity contribution in [1.29, 1.82) is 0 Å². The Morgan fingerprint density at radius 3 is 2.55 bits per heavy atom. The smallest absolute Gasteiger partial charge is 0.249 e. The summed E-state index contributed by atoms with van der Waals surface area (Å²) in [4.78, 5) is 28.5. The standard InChI is InChI=1S/C18H26N2O2/c1-12(2)10-17(21)19-8-9-20(18(22)15(19)5)16-7-6-13(3)11-14(16)4/h6-7,11-12,15H,8-10H2,1-5H3/t15-/m0/s1. The number of hydrogen-bond acceptors (Lipinski definition) is 2. The predicted molar refractivity (Wildman–Crippen MR) is 88.9 cm³/mol. The van der Waals surface area contributed by atoms with Gasteiger partial charge in [0, 0.05) is 25.2 Å². The second-order valence-corrected chi connectivity index (χ2v) is 6.64. The average Bonchev–Trinajstić information content (AvgIpc) is 2.41. The number of carbonyl (C=O) groups excluding carboxylic acids is 2. The maximum absolute atomic E-state index is 12.7. The van der Waals surface area contributed by atoms with Gasteiger partial charge in [-0.15, -0.1) is 0 Å². The van der Waals surface area contributed by atoms with Gasteiger partial charge in [0.1, 0.15) is 6.04 Å². The Morgan fingerprint density at radius 1 is 1.27 bits per heavy atom. The Balaban J connectivity index is 2.17. The lowest BCUT2D eigenvalue weighted by molar-refractivity contribution is -0.141. The summed E-state index contributed by atoms with van der Waals surface area (Å²) in [6, 6.07) is 5.72. The number of rotatable bonds is 3. The Morgan fingerprint density at radius 2 is 1.95 bits per heavy atom. The molecule has 1 heterocycles. The molecule has 1 fully saturated rings. The molecule has 1 aromatic rings. The van der Waals surface area contributed by atoms with Crippen LogP contribution in [0.15, 0.2) is 18.2 Å². The van der Waals surface area contributed by atoms with Gasteiger partial charge in [0.25, 0.3) is 0 Å². The molecule has 0 unspecified atom stereocenters. The molecular weight excluding hydrogens is 276 g/mol. The first-order valence-electron chi connectivity index (χ1n) is 7.99. The Labute approximate surface area is 133 Å². The number of benzene rings is 1. The van der Waals surface area contributed by atoms with E-state index in [1.54, 1.807) is 4.90 Å². The lowest BCUT2D eigenvalue weighted by Gasteiger charge is -2.40. The minimum atomic E-state index is -0.388. The Kier molecular flexibility index (Phi) is 4.89. The molecule has 1 aliphatic rings. The Hall–Kier alpha value is -1.84. The first-order valence-corrected chi connectivity index (χ1v) is 7.99. The number of anilines is 1. The van der Waals surface area contributed by atoms with Crippen molar-refractivity contribution >= 4 is 17.5 Å². The quantitative estimate of drug-likeness (QED) is 0.861. The van der Waals surface area contributed by atoms with Gasteiger partial charge in [0.15, 0.2) is 0 Å². The van der Waals surface area contributed by atoms with Gasteiger partial charge in [-0.05, 0) is 38.3 Å². The van der Waals surface area contributed by atoms with E-state index in [4.69, 9.17) is 0 Å². The zero-order valence-electron chi connectivity index (χ0n) is 14.2. The number of piperazine rings is 1. The molecule has 0 saturated carbocycles. The predicted octanol–water partition coefficient (Wildman–Crippen LogP) is 2.91. The first-order chi connectivity index (χ1) is 10.3. The highest BCUT2D eigenvalue weighted by Gasteiger charge is 2.35. The highest BCUT2D eigenvalue weighted by molar-refractivity contribution is 6.00. The van der Waals surface area contributed by atoms with Crippen LogP contribution in [0.5, 0.6) is 0 Å². The molecule has 4 nitrogen and oxygen atoms in total. The van der Waals surface area contributed by atoms with Gasteiger partial charge >= 0.3 is 0 Å². The van der Waals surface area contributed by atoms with Crippen LogP contribution in [0, 0.1) is 19.8 Å². The first kappa shape index (κ1) is 16.5. The second-order valence-electron chi connectivity index (χ2n) is 6.64. The zero-order valence-corrected chi connectivity index (χ0v) is 14.2. The van der Waals surface area contributed by atoms with Gasteiger partial charge in [-0.3, -0.25) is 9.59 Å². The molecule has 0 N–H and O–H groups in total. The van der Waals surface area contributed by atoms with E-state index < -0.39 is 0 Å². The van der Waals surface area contributed by atoms with E-state index in [0.717, 1.165) is 11.3 Å². The van der Waals surface area contributed by atoms with Gasteiger partial charge in [-0.1, -0.05) is 31.5 Å². The van der Waals surface area contributed by atoms with Crippen molar-refractivity contribution in [2.45, 2.75) is 47.1 Å². The molecule has 1 aliphatic heterocycles. The van der Waals surface area contributed by atoms with Crippen molar-refractivity contribution in [2.75, 3.05) is 18.0 Å². The molecule has 1 aromatic carbocycles. The number of amides is 2. The number of nitrogens with zero attached hydrogens (tertiary/aromatic N) is 2. The minimum Gasteiger partial charge on any atom is -0.329 e. The van der Waals surface area contributed by atoms with Gasteiger partial charge in [0.2, 0.25) is 11.8 Å². The summed E-state index contributed by atoms with van der Waals surface area (Å²) in [5.41, 5.74) is 3.24. The average molecular weight is 302 g/mol. The third-order valence-electron chi connectivity index (χ3n) is 4.20. The van der Waals surface area contributed by atoms with E-state index in [0.29, 0.717) is 25.4 Å². The largest absolute Gasteiger partial charge is 0.329 e. The molecule has 0 spiro atoms. The third-order valence-corrected chi connectivity index (χ3v) is 4.20. The van der Waals surface area contributed by atoms with Gasteiger partial charge in [0.05, 0.1) is 0 Å². The summed E-state index contributed by atoms with van der Waals surface area (Å²) < 4.78 is 0. The molecule has 120 valence electrons. The fraction of sp³-hybridized carbons (Fsp3) is 0.556. The van der Waals surface area contributed by atoms with Crippen LogP contribution in [-0.4, -0.2) is 35.8 Å². The van der Waals surface area contributed by atoms with Gasteiger partial charge in [-0.2, -0.15) is 0 Å². The van der Waals surface area contributed by atoms with E-state index in [1.165, 1.54) is 5.56 Å². The van der Waals surface area contributed by atoms with Crippen molar-refractivity contribution in [3.05, 3.63) is 29.3 Å². The third kappa shape index (κ3) is 3.32. The van der Waals surface area contributed by atoms with Crippen LogP contribution >= 0.6 is 0 Å². The second kappa shape index (κ2) is 6.51. The molecule has 4 heteroatoms. The number of carbonyl (C=O) groups is 2. The summed E-state index contributed by atoms with van der Waals surface area (Å²) in [5.74, 6) is 0.401. The van der Waals surface area contributed by atoms with Crippen molar-refractivity contribution in [2.24, 2.45) is 5.92 Å². The van der Waals surface area contributed by atoms with Gasteiger partial charge in [-0.25, -0.2) is 0 Å². The maximum Gasteiger partial charge on any atom is 0.249 e. The number of hydrogen-bond donors (Lipinski definition) is 0. The molecule has 22 heavy (non-hydrogen) atoms. The summed E-state index contributed by atoms with van der Waals surface area (Å²) in [7, 11) is 0. The molecule has 0 radical (unpaired) electrons. The molecule has 0 aromatic heterocycles. The Bertz CT molecular complexity index is 580. The van der Waals surface area contributed by atoms with Crippen LogP contribution in [0.4, 0.5) is 5.69 Å². The maximum atomic E-state index is 12.7. The fourth-order valence-corrected chi connectivity index (χ4v) is 3.03. The van der Waals surface area contributed by atoms with Crippen molar-refractivity contribution < 1.29 is 9.59 Å². The van der Waals surface area contributed by atoms with Crippen LogP contribution < -0.4 is 4.90 Å². The molecular formula is C18H26N2O2. The number of aryl methyl sites for hydroxylation is 2. The molecule has 0 aliphatic carbocycles. The molecule has 2 rings (SSSR count). The summed E-state index contributed by atoms with van der Waals surface area (Å²) in [5, 5.41) is 0. The fourth-order valence-electron chi connectivity index (χ4n) is 3.03. The molecule has 2 amide bonds. The lowest BCUT2D eigenvalue weighted by Crippen LogP contribution is -2.58. The summed E-state index contributed by atoms with van der Waals surface area (Å²) >= 11 is 0. The molecule has 1 atom stereocenters. The highest BCUT2D eigenvalue weighted by Crippen LogP contribution is 2.25.